The molecule has 2 heterocycles. The van der Waals surface area contributed by atoms with Crippen LogP contribution >= 0.6 is 12.2 Å². The SMILES string of the molecule is CCn1c(CNC(=O)c2nn(Cc3ccccc3)c(=O)c3ccccc23)n[nH]c1=S. The average Bonchev–Trinajstić information content (AvgIpc) is 3.14. The van der Waals surface area contributed by atoms with Gasteiger partial charge in [0.2, 0.25) is 0 Å². The summed E-state index contributed by atoms with van der Waals surface area (Å²) in [5.41, 5.74) is 0.878. The summed E-state index contributed by atoms with van der Waals surface area (Å²) in [6.07, 6.45) is 0. The molecule has 0 fully saturated rings. The topological polar surface area (TPSA) is 97.6 Å². The molecule has 152 valence electrons. The minimum absolute atomic E-state index is 0.188. The van der Waals surface area contributed by atoms with E-state index in [9.17, 15) is 9.59 Å². The van der Waals surface area contributed by atoms with E-state index in [1.54, 1.807) is 28.8 Å². The summed E-state index contributed by atoms with van der Waals surface area (Å²) < 4.78 is 3.63. The maximum atomic E-state index is 13.0. The number of carbonyl (C=O) groups is 1. The molecule has 9 heteroatoms. The van der Waals surface area contributed by atoms with Crippen LogP contribution in [0.3, 0.4) is 0 Å². The van der Waals surface area contributed by atoms with Gasteiger partial charge in [0.25, 0.3) is 11.5 Å². The minimum Gasteiger partial charge on any atom is -0.343 e. The second kappa shape index (κ2) is 8.42. The van der Waals surface area contributed by atoms with Crippen molar-refractivity contribution in [1.82, 2.24) is 29.9 Å². The Morgan fingerprint density at radius 2 is 1.80 bits per heavy atom. The van der Waals surface area contributed by atoms with E-state index in [2.05, 4.69) is 20.6 Å². The van der Waals surface area contributed by atoms with Crippen molar-refractivity contribution in [2.75, 3.05) is 0 Å². The van der Waals surface area contributed by atoms with Crippen molar-refractivity contribution < 1.29 is 4.79 Å². The molecule has 2 aromatic heterocycles. The van der Waals surface area contributed by atoms with E-state index in [1.165, 1.54) is 4.68 Å². The quantitative estimate of drug-likeness (QED) is 0.468. The molecule has 0 aliphatic rings. The van der Waals surface area contributed by atoms with Gasteiger partial charge in [-0.1, -0.05) is 48.5 Å². The first-order valence-electron chi connectivity index (χ1n) is 9.54. The van der Waals surface area contributed by atoms with Gasteiger partial charge in [0, 0.05) is 11.9 Å². The molecule has 1 amide bonds. The first kappa shape index (κ1) is 19.7. The minimum atomic E-state index is -0.385. The second-order valence-electron chi connectivity index (χ2n) is 6.71. The zero-order chi connectivity index (χ0) is 21.1. The summed E-state index contributed by atoms with van der Waals surface area (Å²) in [7, 11) is 0. The van der Waals surface area contributed by atoms with Gasteiger partial charge >= 0.3 is 0 Å². The lowest BCUT2D eigenvalue weighted by Crippen LogP contribution is -2.31. The van der Waals surface area contributed by atoms with Crippen LogP contribution < -0.4 is 10.9 Å². The fourth-order valence-corrected chi connectivity index (χ4v) is 3.60. The number of aromatic nitrogens is 5. The lowest BCUT2D eigenvalue weighted by Gasteiger charge is -2.11. The number of carbonyl (C=O) groups excluding carboxylic acids is 1. The summed E-state index contributed by atoms with van der Waals surface area (Å²) in [5, 5.41) is 15.1. The van der Waals surface area contributed by atoms with Gasteiger partial charge in [-0.25, -0.2) is 4.68 Å². The number of nitrogens with zero attached hydrogens (tertiary/aromatic N) is 4. The van der Waals surface area contributed by atoms with Crippen molar-refractivity contribution in [3.05, 3.63) is 86.8 Å². The molecule has 0 unspecified atom stereocenters. The predicted octanol–water partition coefficient (Wildman–Crippen LogP) is 2.65. The Hall–Kier alpha value is -3.59. The summed E-state index contributed by atoms with van der Waals surface area (Å²) in [6.45, 7) is 3.06. The summed E-state index contributed by atoms with van der Waals surface area (Å²) in [4.78, 5) is 25.9. The van der Waals surface area contributed by atoms with Gasteiger partial charge in [0.1, 0.15) is 0 Å². The van der Waals surface area contributed by atoms with E-state index in [1.807, 2.05) is 37.3 Å². The second-order valence-corrected chi connectivity index (χ2v) is 7.10. The van der Waals surface area contributed by atoms with Gasteiger partial charge in [-0.15, -0.1) is 0 Å². The number of amides is 1. The molecular weight excluding hydrogens is 400 g/mol. The van der Waals surface area contributed by atoms with E-state index in [0.717, 1.165) is 5.56 Å². The first-order chi connectivity index (χ1) is 14.6. The third kappa shape index (κ3) is 3.79. The average molecular weight is 420 g/mol. The first-order valence-corrected chi connectivity index (χ1v) is 9.95. The van der Waals surface area contributed by atoms with Crippen LogP contribution in [-0.4, -0.2) is 30.5 Å². The number of fused-ring (bicyclic) bond motifs is 1. The zero-order valence-corrected chi connectivity index (χ0v) is 17.1. The highest BCUT2D eigenvalue weighted by molar-refractivity contribution is 7.71. The summed E-state index contributed by atoms with van der Waals surface area (Å²) in [6, 6.07) is 16.5. The van der Waals surface area contributed by atoms with Crippen molar-refractivity contribution >= 4 is 28.9 Å². The van der Waals surface area contributed by atoms with Gasteiger partial charge in [-0.05, 0) is 30.8 Å². The highest BCUT2D eigenvalue weighted by Gasteiger charge is 2.17. The molecule has 4 rings (SSSR count). The molecule has 0 bridgehead atoms. The Kier molecular flexibility index (Phi) is 5.53. The van der Waals surface area contributed by atoms with E-state index in [4.69, 9.17) is 12.2 Å². The van der Waals surface area contributed by atoms with Gasteiger partial charge in [-0.3, -0.25) is 14.7 Å². The highest BCUT2D eigenvalue weighted by atomic mass is 32.1. The molecule has 2 aromatic carbocycles. The number of hydrogen-bond donors (Lipinski definition) is 2. The Morgan fingerprint density at radius 3 is 2.53 bits per heavy atom. The van der Waals surface area contributed by atoms with Crippen LogP contribution in [-0.2, 0) is 19.6 Å². The molecular formula is C21H20N6O2S. The van der Waals surface area contributed by atoms with E-state index in [-0.39, 0.29) is 30.2 Å². The molecule has 0 spiro atoms. The molecule has 0 aliphatic carbocycles. The van der Waals surface area contributed by atoms with Crippen LogP contribution in [0.1, 0.15) is 28.8 Å². The standard InChI is InChI=1S/C21H20N6O2S/c1-2-26-17(23-24-21(26)30)12-22-19(28)18-15-10-6-7-11-16(15)20(29)27(25-18)13-14-8-4-3-5-9-14/h3-11H,2,12-13H2,1H3,(H,22,28)(H,24,30). The monoisotopic (exact) mass is 420 g/mol. The predicted molar refractivity (Wildman–Crippen MR) is 116 cm³/mol. The number of benzene rings is 2. The Morgan fingerprint density at radius 1 is 1.10 bits per heavy atom. The highest BCUT2D eigenvalue weighted by Crippen LogP contribution is 2.14. The fraction of sp³-hybridized carbons (Fsp3) is 0.190. The van der Waals surface area contributed by atoms with Crippen molar-refractivity contribution in [1.29, 1.82) is 0 Å². The summed E-state index contributed by atoms with van der Waals surface area (Å²) in [5.74, 6) is 0.238. The number of hydrogen-bond acceptors (Lipinski definition) is 5. The maximum absolute atomic E-state index is 13.0. The van der Waals surface area contributed by atoms with Crippen LogP contribution in [0.4, 0.5) is 0 Å². The molecule has 0 atom stereocenters. The van der Waals surface area contributed by atoms with Crippen molar-refractivity contribution in [2.24, 2.45) is 0 Å². The van der Waals surface area contributed by atoms with Crippen LogP contribution in [0.2, 0.25) is 0 Å². The van der Waals surface area contributed by atoms with Crippen molar-refractivity contribution in [2.45, 2.75) is 26.6 Å². The lowest BCUT2D eigenvalue weighted by atomic mass is 10.1. The molecule has 0 aliphatic heterocycles. The Balaban J connectivity index is 1.70. The maximum Gasteiger partial charge on any atom is 0.274 e. The van der Waals surface area contributed by atoms with Crippen LogP contribution in [0.5, 0.6) is 0 Å². The Labute approximate surface area is 177 Å². The third-order valence-electron chi connectivity index (χ3n) is 4.82. The molecule has 4 aromatic rings. The Bertz CT molecular complexity index is 1320. The van der Waals surface area contributed by atoms with Crippen LogP contribution in [0.25, 0.3) is 10.8 Å². The number of aromatic amines is 1. The molecule has 30 heavy (non-hydrogen) atoms. The molecule has 8 nitrogen and oxygen atoms in total. The largest absolute Gasteiger partial charge is 0.343 e. The molecule has 0 radical (unpaired) electrons. The van der Waals surface area contributed by atoms with Gasteiger partial charge in [-0.2, -0.15) is 10.2 Å². The van der Waals surface area contributed by atoms with Crippen molar-refractivity contribution in [3.8, 4) is 0 Å². The van der Waals surface area contributed by atoms with Gasteiger partial charge < -0.3 is 9.88 Å². The smallest absolute Gasteiger partial charge is 0.274 e. The van der Waals surface area contributed by atoms with Gasteiger partial charge in [0.15, 0.2) is 16.3 Å². The van der Waals surface area contributed by atoms with Crippen LogP contribution in [0.15, 0.2) is 59.4 Å². The van der Waals surface area contributed by atoms with E-state index >= 15 is 0 Å². The van der Waals surface area contributed by atoms with Crippen LogP contribution in [0, 0.1) is 4.77 Å². The third-order valence-corrected chi connectivity index (χ3v) is 5.13. The zero-order valence-electron chi connectivity index (χ0n) is 16.3. The number of nitrogens with one attached hydrogen (secondary N) is 2. The normalized spacial score (nSPS) is 11.0. The number of H-pyrrole nitrogens is 1. The van der Waals surface area contributed by atoms with Crippen molar-refractivity contribution in [3.63, 3.8) is 0 Å². The van der Waals surface area contributed by atoms with E-state index < -0.39 is 0 Å². The van der Waals surface area contributed by atoms with E-state index in [0.29, 0.717) is 27.9 Å². The lowest BCUT2D eigenvalue weighted by molar-refractivity contribution is 0.0944. The molecule has 2 N–H and O–H groups in total. The molecule has 0 saturated carbocycles. The van der Waals surface area contributed by atoms with Gasteiger partial charge in [0.05, 0.1) is 18.5 Å². The molecule has 0 saturated heterocycles. The fourth-order valence-electron chi connectivity index (χ4n) is 3.32. The number of rotatable bonds is 6. The summed E-state index contributed by atoms with van der Waals surface area (Å²) >= 11 is 5.18.